The lowest BCUT2D eigenvalue weighted by Crippen LogP contribution is -2.36. The molecule has 0 atom stereocenters. The summed E-state index contributed by atoms with van der Waals surface area (Å²) in [6.07, 6.45) is 1.99. The second kappa shape index (κ2) is 7.53. The van der Waals surface area contributed by atoms with Gasteiger partial charge in [-0.15, -0.1) is 0 Å². The number of carbonyl (C=O) groups excluding carboxylic acids is 1. The summed E-state index contributed by atoms with van der Waals surface area (Å²) in [6, 6.07) is 11.5. The van der Waals surface area contributed by atoms with Crippen LogP contribution >= 0.6 is 0 Å². The fourth-order valence-corrected chi connectivity index (χ4v) is 2.98. The average Bonchev–Trinajstić information content (AvgIpc) is 3.10. The van der Waals surface area contributed by atoms with Gasteiger partial charge in [0.1, 0.15) is 11.5 Å². The largest absolute Gasteiger partial charge is 0.378 e. The fourth-order valence-electron chi connectivity index (χ4n) is 2.98. The molecule has 4 rings (SSSR count). The first-order valence-corrected chi connectivity index (χ1v) is 8.67. The van der Waals surface area contributed by atoms with Gasteiger partial charge in [0.25, 0.3) is 0 Å². The van der Waals surface area contributed by atoms with E-state index in [1.807, 2.05) is 36.4 Å². The normalized spacial score (nSPS) is 14.5. The second-order valence-electron chi connectivity index (χ2n) is 6.20. The van der Waals surface area contributed by atoms with Gasteiger partial charge in [-0.2, -0.15) is 0 Å². The minimum Gasteiger partial charge on any atom is -0.378 e. The van der Waals surface area contributed by atoms with Gasteiger partial charge in [-0.1, -0.05) is 23.4 Å². The molecule has 1 amide bonds. The van der Waals surface area contributed by atoms with Crippen molar-refractivity contribution in [3.63, 3.8) is 0 Å². The summed E-state index contributed by atoms with van der Waals surface area (Å²) in [4.78, 5) is 18.9. The van der Waals surface area contributed by atoms with Crippen molar-refractivity contribution in [3.05, 3.63) is 53.9 Å². The van der Waals surface area contributed by atoms with Crippen molar-refractivity contribution in [2.24, 2.45) is 0 Å². The number of carbonyl (C=O) groups is 1. The minimum absolute atomic E-state index is 0.0960. The molecule has 0 spiro atoms. The van der Waals surface area contributed by atoms with Crippen molar-refractivity contribution < 1.29 is 14.1 Å². The Morgan fingerprint density at radius 3 is 2.81 bits per heavy atom. The van der Waals surface area contributed by atoms with Crippen LogP contribution in [0.15, 0.2) is 47.1 Å². The standard InChI is InChI=1S/C19H20N4O3/c24-19(11-16-15-3-1-2-4-17(15)26-22-16)21-13-14-5-6-18(20-12-14)23-7-9-25-10-8-23/h1-6,12H,7-11,13H2,(H,21,24). The molecule has 1 aliphatic heterocycles. The van der Waals surface area contributed by atoms with E-state index in [0.29, 0.717) is 17.8 Å². The maximum absolute atomic E-state index is 12.2. The van der Waals surface area contributed by atoms with Gasteiger partial charge in [0.05, 0.1) is 19.6 Å². The fraction of sp³-hybridized carbons (Fsp3) is 0.316. The maximum atomic E-state index is 12.2. The number of para-hydroxylation sites is 1. The van der Waals surface area contributed by atoms with Gasteiger partial charge in [-0.3, -0.25) is 4.79 Å². The van der Waals surface area contributed by atoms with E-state index in [1.54, 1.807) is 6.20 Å². The van der Waals surface area contributed by atoms with Crippen LogP contribution in [0.4, 0.5) is 5.82 Å². The molecule has 0 saturated carbocycles. The molecule has 1 N–H and O–H groups in total. The number of nitrogens with one attached hydrogen (secondary N) is 1. The molecule has 3 aromatic rings. The number of benzene rings is 1. The Bertz CT molecular complexity index is 885. The highest BCUT2D eigenvalue weighted by atomic mass is 16.5. The molecule has 1 saturated heterocycles. The van der Waals surface area contributed by atoms with E-state index in [9.17, 15) is 4.79 Å². The minimum atomic E-state index is -0.0960. The Morgan fingerprint density at radius 1 is 1.15 bits per heavy atom. The number of pyridine rings is 1. The van der Waals surface area contributed by atoms with Gasteiger partial charge >= 0.3 is 0 Å². The molecule has 0 radical (unpaired) electrons. The number of hydrogen-bond donors (Lipinski definition) is 1. The Labute approximate surface area is 150 Å². The van der Waals surface area contributed by atoms with Crippen molar-refractivity contribution in [2.45, 2.75) is 13.0 Å². The highest BCUT2D eigenvalue weighted by Gasteiger charge is 2.13. The van der Waals surface area contributed by atoms with Crippen LogP contribution in [0.25, 0.3) is 11.0 Å². The third-order valence-electron chi connectivity index (χ3n) is 4.41. The van der Waals surface area contributed by atoms with Crippen molar-refractivity contribution in [3.8, 4) is 0 Å². The van der Waals surface area contributed by atoms with Crippen LogP contribution in [0.1, 0.15) is 11.3 Å². The van der Waals surface area contributed by atoms with E-state index in [4.69, 9.17) is 9.26 Å². The number of aromatic nitrogens is 2. The molecule has 0 unspecified atom stereocenters. The van der Waals surface area contributed by atoms with Gasteiger partial charge in [-0.05, 0) is 23.8 Å². The molecule has 7 heteroatoms. The summed E-state index contributed by atoms with van der Waals surface area (Å²) in [5, 5.41) is 7.77. The Balaban J connectivity index is 1.32. The summed E-state index contributed by atoms with van der Waals surface area (Å²) >= 11 is 0. The number of anilines is 1. The predicted molar refractivity (Wildman–Crippen MR) is 96.8 cm³/mol. The van der Waals surface area contributed by atoms with E-state index < -0.39 is 0 Å². The Hall–Kier alpha value is -2.93. The third kappa shape index (κ3) is 3.67. The first kappa shape index (κ1) is 16.5. The van der Waals surface area contributed by atoms with Gasteiger partial charge in [-0.25, -0.2) is 4.98 Å². The molecule has 0 bridgehead atoms. The molecule has 26 heavy (non-hydrogen) atoms. The van der Waals surface area contributed by atoms with Crippen LogP contribution < -0.4 is 10.2 Å². The van der Waals surface area contributed by atoms with Crippen LogP contribution in [-0.4, -0.2) is 42.4 Å². The number of amides is 1. The molecular weight excluding hydrogens is 332 g/mol. The topological polar surface area (TPSA) is 80.5 Å². The van der Waals surface area contributed by atoms with Gasteiger partial charge in [0, 0.05) is 31.2 Å². The molecule has 1 aromatic carbocycles. The lowest BCUT2D eigenvalue weighted by Gasteiger charge is -2.27. The quantitative estimate of drug-likeness (QED) is 0.756. The third-order valence-corrected chi connectivity index (χ3v) is 4.41. The van der Waals surface area contributed by atoms with E-state index in [2.05, 4.69) is 20.4 Å². The van der Waals surface area contributed by atoms with Gasteiger partial charge < -0.3 is 19.5 Å². The van der Waals surface area contributed by atoms with Crippen LogP contribution in [0.3, 0.4) is 0 Å². The number of morpholine rings is 1. The summed E-state index contributed by atoms with van der Waals surface area (Å²) in [5.41, 5.74) is 2.30. The summed E-state index contributed by atoms with van der Waals surface area (Å²) < 4.78 is 10.6. The van der Waals surface area contributed by atoms with Crippen molar-refractivity contribution >= 4 is 22.7 Å². The van der Waals surface area contributed by atoms with Gasteiger partial charge in [0.2, 0.25) is 5.91 Å². The monoisotopic (exact) mass is 352 g/mol. The molecule has 3 heterocycles. The number of hydrogen-bond acceptors (Lipinski definition) is 6. The van der Waals surface area contributed by atoms with Crippen LogP contribution in [0.2, 0.25) is 0 Å². The Kier molecular flexibility index (Phi) is 4.79. The molecular formula is C19H20N4O3. The van der Waals surface area contributed by atoms with E-state index in [1.165, 1.54) is 0 Å². The van der Waals surface area contributed by atoms with E-state index in [0.717, 1.165) is 43.1 Å². The average molecular weight is 352 g/mol. The number of nitrogens with zero attached hydrogens (tertiary/aromatic N) is 3. The molecule has 7 nitrogen and oxygen atoms in total. The summed E-state index contributed by atoms with van der Waals surface area (Å²) in [6.45, 7) is 3.61. The Morgan fingerprint density at radius 2 is 2.00 bits per heavy atom. The highest BCUT2D eigenvalue weighted by molar-refractivity contribution is 5.86. The van der Waals surface area contributed by atoms with Crippen molar-refractivity contribution in [1.82, 2.24) is 15.5 Å². The number of ether oxygens (including phenoxy) is 1. The number of rotatable bonds is 5. The lowest BCUT2D eigenvalue weighted by molar-refractivity contribution is -0.120. The summed E-state index contributed by atoms with van der Waals surface area (Å²) in [5.74, 6) is 0.846. The molecule has 1 fully saturated rings. The highest BCUT2D eigenvalue weighted by Crippen LogP contribution is 2.18. The van der Waals surface area contributed by atoms with Crippen LogP contribution in [-0.2, 0) is 22.5 Å². The maximum Gasteiger partial charge on any atom is 0.226 e. The zero-order chi connectivity index (χ0) is 17.8. The molecule has 1 aliphatic rings. The molecule has 134 valence electrons. The van der Waals surface area contributed by atoms with Crippen molar-refractivity contribution in [1.29, 1.82) is 0 Å². The van der Waals surface area contributed by atoms with Gasteiger partial charge in [0.15, 0.2) is 5.58 Å². The van der Waals surface area contributed by atoms with Crippen LogP contribution in [0.5, 0.6) is 0 Å². The number of fused-ring (bicyclic) bond motifs is 1. The molecule has 2 aromatic heterocycles. The van der Waals surface area contributed by atoms with E-state index >= 15 is 0 Å². The lowest BCUT2D eigenvalue weighted by atomic mass is 10.1. The SMILES string of the molecule is O=C(Cc1noc2ccccc12)NCc1ccc(N2CCOCC2)nc1. The first-order valence-electron chi connectivity index (χ1n) is 8.67. The zero-order valence-corrected chi connectivity index (χ0v) is 14.4. The second-order valence-corrected chi connectivity index (χ2v) is 6.20. The van der Waals surface area contributed by atoms with Crippen LogP contribution in [0, 0.1) is 0 Å². The summed E-state index contributed by atoms with van der Waals surface area (Å²) in [7, 11) is 0. The smallest absolute Gasteiger partial charge is 0.226 e. The first-order chi connectivity index (χ1) is 12.8. The molecule has 0 aliphatic carbocycles. The van der Waals surface area contributed by atoms with E-state index in [-0.39, 0.29) is 12.3 Å². The van der Waals surface area contributed by atoms with Crippen molar-refractivity contribution in [2.75, 3.05) is 31.2 Å². The zero-order valence-electron chi connectivity index (χ0n) is 14.4. The predicted octanol–water partition coefficient (Wildman–Crippen LogP) is 1.92.